The number of hydrogen-bond donors (Lipinski definition) is 0. The van der Waals surface area contributed by atoms with E-state index in [1.165, 1.54) is 79.2 Å². The molecular weight excluding hydrogens is 350 g/mol. The van der Waals surface area contributed by atoms with E-state index in [4.69, 9.17) is 0 Å². The van der Waals surface area contributed by atoms with Crippen molar-refractivity contribution >= 4 is 17.8 Å². The minimum atomic E-state index is 0.608. The monoisotopic (exact) mass is 394 g/mol. The third-order valence-corrected chi connectivity index (χ3v) is 12.5. The summed E-state index contributed by atoms with van der Waals surface area (Å²) in [6.07, 6.45) is 29.3. The van der Waals surface area contributed by atoms with Crippen LogP contribution in [0.15, 0.2) is 0 Å². The Kier molecular flexibility index (Phi) is 7.07. The summed E-state index contributed by atoms with van der Waals surface area (Å²) in [5.74, 6) is 2.13. The SMILES string of the molecule is PC1(PC2CCCCC2)CCCCC1(C1CCCCC1)C1CCCCC1. The Bertz CT molecular complexity index is 411. The largest absolute Gasteiger partial charge is 0.126 e. The van der Waals surface area contributed by atoms with Crippen LogP contribution in [0.5, 0.6) is 0 Å². The molecule has 0 bridgehead atoms. The van der Waals surface area contributed by atoms with E-state index in [1.54, 1.807) is 51.4 Å². The first-order valence-electron chi connectivity index (χ1n) is 12.3. The summed E-state index contributed by atoms with van der Waals surface area (Å²) >= 11 is 0. The van der Waals surface area contributed by atoms with E-state index in [0.29, 0.717) is 10.3 Å². The molecule has 4 saturated carbocycles. The van der Waals surface area contributed by atoms with Gasteiger partial charge in [0.2, 0.25) is 0 Å². The van der Waals surface area contributed by atoms with Gasteiger partial charge in [-0.25, -0.2) is 0 Å². The van der Waals surface area contributed by atoms with Crippen molar-refractivity contribution < 1.29 is 0 Å². The minimum Gasteiger partial charge on any atom is -0.126 e. The highest BCUT2D eigenvalue weighted by molar-refractivity contribution is 7.52. The standard InChI is InChI=1S/C24H44P2/c25-24(26-22-16-8-3-9-17-22)19-11-10-18-23(24,20-12-4-1-5-13-20)21-14-6-2-7-15-21/h20-22,26H,1-19,25H2. The van der Waals surface area contributed by atoms with Gasteiger partial charge in [-0.05, 0) is 74.3 Å². The van der Waals surface area contributed by atoms with Crippen LogP contribution in [0.3, 0.4) is 0 Å². The van der Waals surface area contributed by atoms with Gasteiger partial charge in [-0.15, -0.1) is 17.8 Å². The smallest absolute Gasteiger partial charge is 0.00850 e. The van der Waals surface area contributed by atoms with E-state index in [-0.39, 0.29) is 0 Å². The van der Waals surface area contributed by atoms with Gasteiger partial charge in [-0.3, -0.25) is 0 Å². The van der Waals surface area contributed by atoms with Gasteiger partial charge in [0.1, 0.15) is 0 Å². The molecule has 2 heteroatoms. The minimum absolute atomic E-state index is 0.608. The Morgan fingerprint density at radius 3 is 1.54 bits per heavy atom. The fourth-order valence-electron chi connectivity index (χ4n) is 7.80. The third-order valence-electron chi connectivity index (χ3n) is 8.98. The predicted octanol–water partition coefficient (Wildman–Crippen LogP) is 8.29. The highest BCUT2D eigenvalue weighted by Crippen LogP contribution is 2.70. The quantitative estimate of drug-likeness (QED) is 0.421. The Labute approximate surface area is 167 Å². The van der Waals surface area contributed by atoms with E-state index in [0.717, 1.165) is 17.5 Å². The summed E-state index contributed by atoms with van der Waals surface area (Å²) in [5.41, 5.74) is 1.78. The molecular formula is C24H44P2. The highest BCUT2D eigenvalue weighted by Gasteiger charge is 2.57. The summed E-state index contributed by atoms with van der Waals surface area (Å²) in [6.45, 7) is 0. The van der Waals surface area contributed by atoms with E-state index in [1.807, 2.05) is 0 Å². The normalized spacial score (nSPS) is 35.9. The van der Waals surface area contributed by atoms with Crippen molar-refractivity contribution in [1.82, 2.24) is 0 Å². The van der Waals surface area contributed by atoms with Crippen LogP contribution >= 0.6 is 17.8 Å². The zero-order valence-corrected chi connectivity index (χ0v) is 19.4. The fourth-order valence-corrected chi connectivity index (χ4v) is 11.9. The molecule has 0 saturated heterocycles. The van der Waals surface area contributed by atoms with Crippen LogP contribution in [0.4, 0.5) is 0 Å². The molecule has 26 heavy (non-hydrogen) atoms. The molecule has 0 aromatic rings. The molecule has 4 rings (SSSR count). The molecule has 3 atom stereocenters. The predicted molar refractivity (Wildman–Crippen MR) is 122 cm³/mol. The van der Waals surface area contributed by atoms with Gasteiger partial charge in [0.25, 0.3) is 0 Å². The van der Waals surface area contributed by atoms with Crippen molar-refractivity contribution in [2.24, 2.45) is 17.3 Å². The summed E-state index contributed by atoms with van der Waals surface area (Å²) < 4.78 is 0. The highest BCUT2D eigenvalue weighted by atomic mass is 31.1. The maximum atomic E-state index is 3.64. The van der Waals surface area contributed by atoms with Crippen molar-refractivity contribution in [3.05, 3.63) is 0 Å². The van der Waals surface area contributed by atoms with Crippen molar-refractivity contribution in [3.8, 4) is 0 Å². The first-order valence-corrected chi connectivity index (χ1v) is 14.0. The lowest BCUT2D eigenvalue weighted by molar-refractivity contribution is -0.0182. The molecule has 0 N–H and O–H groups in total. The molecule has 0 spiro atoms. The Morgan fingerprint density at radius 2 is 1.00 bits per heavy atom. The molecule has 4 aliphatic rings. The second-order valence-corrected chi connectivity index (χ2v) is 13.9. The average Bonchev–Trinajstić information content (AvgIpc) is 2.70. The molecule has 4 aliphatic carbocycles. The summed E-state index contributed by atoms with van der Waals surface area (Å²) in [6, 6.07) is 0. The van der Waals surface area contributed by atoms with Crippen LogP contribution in [0.1, 0.15) is 122 Å². The van der Waals surface area contributed by atoms with Crippen LogP contribution in [0.25, 0.3) is 0 Å². The third kappa shape index (κ3) is 3.95. The first-order chi connectivity index (χ1) is 12.7. The van der Waals surface area contributed by atoms with Crippen LogP contribution in [-0.4, -0.2) is 10.6 Å². The van der Waals surface area contributed by atoms with Gasteiger partial charge in [0, 0.05) is 4.90 Å². The zero-order chi connectivity index (χ0) is 17.9. The van der Waals surface area contributed by atoms with Crippen LogP contribution < -0.4 is 0 Å². The number of rotatable bonds is 4. The zero-order valence-electron chi connectivity index (χ0n) is 17.2. The maximum absolute atomic E-state index is 3.64. The Balaban J connectivity index is 1.64. The molecule has 0 aromatic heterocycles. The van der Waals surface area contributed by atoms with E-state index < -0.39 is 0 Å². The Hall–Kier alpha value is 0.860. The molecule has 0 aliphatic heterocycles. The van der Waals surface area contributed by atoms with Gasteiger partial charge in [-0.1, -0.05) is 70.6 Å². The summed E-state index contributed by atoms with van der Waals surface area (Å²) in [4.78, 5) is 0.608. The fraction of sp³-hybridized carbons (Fsp3) is 1.00. The lowest BCUT2D eigenvalue weighted by atomic mass is 9.53. The Morgan fingerprint density at radius 1 is 0.538 bits per heavy atom. The molecule has 0 nitrogen and oxygen atoms in total. The summed E-state index contributed by atoms with van der Waals surface area (Å²) in [7, 11) is 4.88. The molecule has 0 radical (unpaired) electrons. The van der Waals surface area contributed by atoms with E-state index >= 15 is 0 Å². The van der Waals surface area contributed by atoms with Crippen molar-refractivity contribution in [1.29, 1.82) is 0 Å². The molecule has 0 aromatic carbocycles. The first kappa shape index (κ1) is 20.1. The second-order valence-electron chi connectivity index (χ2n) is 10.4. The van der Waals surface area contributed by atoms with Gasteiger partial charge < -0.3 is 0 Å². The maximum Gasteiger partial charge on any atom is 0.00850 e. The molecule has 0 amide bonds. The van der Waals surface area contributed by atoms with Crippen molar-refractivity contribution in [2.75, 3.05) is 0 Å². The lowest BCUT2D eigenvalue weighted by Crippen LogP contribution is -2.54. The topological polar surface area (TPSA) is 0 Å². The van der Waals surface area contributed by atoms with E-state index in [9.17, 15) is 0 Å². The average molecular weight is 395 g/mol. The van der Waals surface area contributed by atoms with Crippen LogP contribution in [-0.2, 0) is 0 Å². The number of hydrogen-bond acceptors (Lipinski definition) is 0. The van der Waals surface area contributed by atoms with Gasteiger partial charge in [0.15, 0.2) is 0 Å². The van der Waals surface area contributed by atoms with Crippen molar-refractivity contribution in [2.45, 2.75) is 133 Å². The lowest BCUT2D eigenvalue weighted by Gasteiger charge is -2.62. The van der Waals surface area contributed by atoms with Gasteiger partial charge >= 0.3 is 0 Å². The summed E-state index contributed by atoms with van der Waals surface area (Å²) in [5, 5.41) is 0. The molecule has 3 unspecified atom stereocenters. The molecule has 0 heterocycles. The van der Waals surface area contributed by atoms with E-state index in [2.05, 4.69) is 9.24 Å². The van der Waals surface area contributed by atoms with Gasteiger partial charge in [0.05, 0.1) is 0 Å². The molecule has 150 valence electrons. The van der Waals surface area contributed by atoms with Crippen molar-refractivity contribution in [3.63, 3.8) is 0 Å². The molecule has 4 fully saturated rings. The van der Waals surface area contributed by atoms with Gasteiger partial charge in [-0.2, -0.15) is 0 Å². The van der Waals surface area contributed by atoms with Crippen LogP contribution in [0, 0.1) is 17.3 Å². The van der Waals surface area contributed by atoms with Crippen LogP contribution in [0.2, 0.25) is 0 Å². The second kappa shape index (κ2) is 9.12.